The maximum Gasteiger partial charge on any atom is 0.0795 e. The number of aromatic nitrogens is 1. The Hall–Kier alpha value is -0.450. The third kappa shape index (κ3) is 2.01. The summed E-state index contributed by atoms with van der Waals surface area (Å²) in [4.78, 5) is 4.34. The molecule has 1 saturated carbocycles. The molecule has 3 atom stereocenters. The van der Waals surface area contributed by atoms with Gasteiger partial charge in [-0.15, -0.1) is 11.3 Å². The molecule has 0 amide bonds. The van der Waals surface area contributed by atoms with E-state index in [1.54, 1.807) is 18.4 Å². The van der Waals surface area contributed by atoms with Crippen molar-refractivity contribution in [1.82, 2.24) is 10.3 Å². The van der Waals surface area contributed by atoms with E-state index in [0.717, 1.165) is 12.1 Å². The summed E-state index contributed by atoms with van der Waals surface area (Å²) in [6.07, 6.45) is 1.48. The number of nitrogens with zero attached hydrogens (tertiary/aromatic N) is 1. The van der Waals surface area contributed by atoms with Crippen molar-refractivity contribution in [1.29, 1.82) is 0 Å². The minimum atomic E-state index is 0.221. The smallest absolute Gasteiger partial charge is 0.0795 e. The van der Waals surface area contributed by atoms with Crippen LogP contribution in [0.4, 0.5) is 0 Å². The zero-order valence-electron chi connectivity index (χ0n) is 10.4. The van der Waals surface area contributed by atoms with Gasteiger partial charge in [-0.05, 0) is 13.3 Å². The zero-order valence-corrected chi connectivity index (χ0v) is 11.2. The summed E-state index contributed by atoms with van der Waals surface area (Å²) < 4.78 is 5.45. The van der Waals surface area contributed by atoms with E-state index in [2.05, 4.69) is 36.5 Å². The van der Waals surface area contributed by atoms with E-state index in [0.29, 0.717) is 18.2 Å². The molecule has 90 valence electrons. The molecule has 4 heteroatoms. The summed E-state index contributed by atoms with van der Waals surface area (Å²) in [5.41, 5.74) is 3.25. The summed E-state index contributed by atoms with van der Waals surface area (Å²) in [7, 11) is 1.80. The van der Waals surface area contributed by atoms with Crippen LogP contribution < -0.4 is 5.32 Å². The van der Waals surface area contributed by atoms with E-state index in [9.17, 15) is 0 Å². The maximum atomic E-state index is 5.45. The molecular weight excluding hydrogens is 220 g/mol. The van der Waals surface area contributed by atoms with Gasteiger partial charge in [-0.25, -0.2) is 4.98 Å². The Morgan fingerprint density at radius 1 is 1.62 bits per heavy atom. The summed E-state index contributed by atoms with van der Waals surface area (Å²) in [6, 6.07) is 0.850. The highest BCUT2D eigenvalue weighted by Gasteiger charge is 2.48. The molecule has 1 aliphatic rings. The Labute approximate surface area is 101 Å². The van der Waals surface area contributed by atoms with E-state index >= 15 is 0 Å². The SMILES string of the molecule is COC1CC(NC(C)c2cscn2)C1(C)C. The topological polar surface area (TPSA) is 34.1 Å². The second kappa shape index (κ2) is 4.43. The monoisotopic (exact) mass is 240 g/mol. The van der Waals surface area contributed by atoms with E-state index < -0.39 is 0 Å². The fraction of sp³-hybridized carbons (Fsp3) is 0.750. The Balaban J connectivity index is 1.92. The number of hydrogen-bond acceptors (Lipinski definition) is 4. The van der Waals surface area contributed by atoms with Crippen LogP contribution in [0.25, 0.3) is 0 Å². The van der Waals surface area contributed by atoms with Gasteiger partial charge < -0.3 is 10.1 Å². The van der Waals surface area contributed by atoms with Gasteiger partial charge in [0.1, 0.15) is 0 Å². The lowest BCUT2D eigenvalue weighted by atomic mass is 9.64. The van der Waals surface area contributed by atoms with Gasteiger partial charge in [-0.3, -0.25) is 0 Å². The van der Waals surface area contributed by atoms with Gasteiger partial charge in [0.25, 0.3) is 0 Å². The number of thiazole rings is 1. The first-order chi connectivity index (χ1) is 7.55. The first-order valence-corrected chi connectivity index (χ1v) is 6.67. The zero-order chi connectivity index (χ0) is 11.8. The number of hydrogen-bond donors (Lipinski definition) is 1. The highest BCUT2D eigenvalue weighted by Crippen LogP contribution is 2.43. The fourth-order valence-corrected chi connectivity index (χ4v) is 3.04. The van der Waals surface area contributed by atoms with Crippen LogP contribution in [0.15, 0.2) is 10.9 Å². The lowest BCUT2D eigenvalue weighted by molar-refractivity contribution is -0.1000. The molecule has 1 aromatic rings. The Bertz CT molecular complexity index is 337. The van der Waals surface area contributed by atoms with Crippen molar-refractivity contribution in [3.8, 4) is 0 Å². The summed E-state index contributed by atoms with van der Waals surface area (Å²) >= 11 is 1.65. The van der Waals surface area contributed by atoms with Gasteiger partial charge in [-0.1, -0.05) is 13.8 Å². The van der Waals surface area contributed by atoms with Crippen LogP contribution >= 0.6 is 11.3 Å². The minimum Gasteiger partial charge on any atom is -0.381 e. The molecule has 3 unspecified atom stereocenters. The Morgan fingerprint density at radius 2 is 2.38 bits per heavy atom. The first-order valence-electron chi connectivity index (χ1n) is 5.72. The van der Waals surface area contributed by atoms with Gasteiger partial charge in [0.15, 0.2) is 0 Å². The molecule has 2 rings (SSSR count). The lowest BCUT2D eigenvalue weighted by Gasteiger charge is -2.52. The Morgan fingerprint density at radius 3 is 2.88 bits per heavy atom. The number of ether oxygens (including phenoxy) is 1. The van der Waals surface area contributed by atoms with Crippen LogP contribution in [-0.4, -0.2) is 24.2 Å². The first kappa shape index (κ1) is 12.0. The minimum absolute atomic E-state index is 0.221. The molecule has 1 heterocycles. The van der Waals surface area contributed by atoms with Crippen LogP contribution in [0.3, 0.4) is 0 Å². The quantitative estimate of drug-likeness (QED) is 0.878. The molecule has 0 aliphatic heterocycles. The van der Waals surface area contributed by atoms with E-state index in [-0.39, 0.29) is 5.41 Å². The second-order valence-corrected chi connectivity index (χ2v) is 5.85. The molecule has 0 bridgehead atoms. The molecular formula is C12H20N2OS. The van der Waals surface area contributed by atoms with Gasteiger partial charge in [-0.2, -0.15) is 0 Å². The standard InChI is InChI=1S/C12H20N2OS/c1-8(9-6-16-7-13-9)14-10-5-11(15-4)12(10,2)3/h6-8,10-11,14H,5H2,1-4H3. The van der Waals surface area contributed by atoms with Crippen LogP contribution in [0.1, 0.15) is 38.9 Å². The number of methoxy groups -OCH3 is 1. The van der Waals surface area contributed by atoms with E-state index in [1.807, 2.05) is 5.51 Å². The normalized spacial score (nSPS) is 29.8. The van der Waals surface area contributed by atoms with Gasteiger partial charge >= 0.3 is 0 Å². The molecule has 1 aliphatic carbocycles. The maximum absolute atomic E-state index is 5.45. The summed E-state index contributed by atoms with van der Waals surface area (Å²) in [5, 5.41) is 5.75. The molecule has 0 spiro atoms. The van der Waals surface area contributed by atoms with Crippen molar-refractivity contribution in [2.75, 3.05) is 7.11 Å². The van der Waals surface area contributed by atoms with Crippen LogP contribution in [-0.2, 0) is 4.74 Å². The molecule has 1 fully saturated rings. The van der Waals surface area contributed by atoms with Crippen molar-refractivity contribution >= 4 is 11.3 Å². The third-order valence-electron chi connectivity index (χ3n) is 3.81. The van der Waals surface area contributed by atoms with Crippen molar-refractivity contribution in [2.45, 2.75) is 45.4 Å². The number of rotatable bonds is 4. The van der Waals surface area contributed by atoms with Gasteiger partial charge in [0.2, 0.25) is 0 Å². The molecule has 0 radical (unpaired) electrons. The van der Waals surface area contributed by atoms with Crippen LogP contribution in [0, 0.1) is 5.41 Å². The molecule has 16 heavy (non-hydrogen) atoms. The lowest BCUT2D eigenvalue weighted by Crippen LogP contribution is -2.60. The average molecular weight is 240 g/mol. The second-order valence-electron chi connectivity index (χ2n) is 5.14. The third-order valence-corrected chi connectivity index (χ3v) is 4.41. The molecule has 1 N–H and O–H groups in total. The molecule has 3 nitrogen and oxygen atoms in total. The van der Waals surface area contributed by atoms with Crippen molar-refractivity contribution in [2.24, 2.45) is 5.41 Å². The van der Waals surface area contributed by atoms with E-state index in [1.165, 1.54) is 0 Å². The summed E-state index contributed by atoms with van der Waals surface area (Å²) in [5.74, 6) is 0. The molecule has 0 aromatic carbocycles. The largest absolute Gasteiger partial charge is 0.381 e. The van der Waals surface area contributed by atoms with Crippen molar-refractivity contribution in [3.05, 3.63) is 16.6 Å². The predicted molar refractivity (Wildman–Crippen MR) is 66.6 cm³/mol. The highest BCUT2D eigenvalue weighted by atomic mass is 32.1. The molecule has 0 saturated heterocycles. The predicted octanol–water partition coefficient (Wildman–Crippen LogP) is 2.61. The fourth-order valence-electron chi connectivity index (χ4n) is 2.39. The van der Waals surface area contributed by atoms with Gasteiger partial charge in [0, 0.05) is 30.0 Å². The van der Waals surface area contributed by atoms with Crippen LogP contribution in [0.2, 0.25) is 0 Å². The van der Waals surface area contributed by atoms with Crippen LogP contribution in [0.5, 0.6) is 0 Å². The highest BCUT2D eigenvalue weighted by molar-refractivity contribution is 7.07. The van der Waals surface area contributed by atoms with E-state index in [4.69, 9.17) is 4.74 Å². The number of nitrogens with one attached hydrogen (secondary N) is 1. The molecule has 1 aromatic heterocycles. The van der Waals surface area contributed by atoms with Crippen molar-refractivity contribution < 1.29 is 4.74 Å². The van der Waals surface area contributed by atoms with Gasteiger partial charge in [0.05, 0.1) is 17.3 Å². The Kier molecular flexibility index (Phi) is 3.33. The average Bonchev–Trinajstić information content (AvgIpc) is 2.76. The summed E-state index contributed by atoms with van der Waals surface area (Å²) in [6.45, 7) is 6.69. The van der Waals surface area contributed by atoms with Crippen molar-refractivity contribution in [3.63, 3.8) is 0 Å².